The number of sulfonamides is 1. The maximum atomic E-state index is 12.6. The Kier molecular flexibility index (Phi) is 4.39. The first kappa shape index (κ1) is 14.9. The predicted molar refractivity (Wildman–Crippen MR) is 74.9 cm³/mol. The summed E-state index contributed by atoms with van der Waals surface area (Å²) in [6.45, 7) is 2.51. The lowest BCUT2D eigenvalue weighted by atomic mass is 10.0. The van der Waals surface area contributed by atoms with Gasteiger partial charge in [0.25, 0.3) is 5.69 Å². The molecule has 0 radical (unpaired) electrons. The van der Waals surface area contributed by atoms with Crippen LogP contribution in [-0.4, -0.2) is 30.2 Å². The van der Waals surface area contributed by atoms with Crippen LogP contribution in [0.15, 0.2) is 29.2 Å². The SMILES string of the molecule is CC[C@H]1CCCCN1S(=O)(=O)c1ccc([N+](=O)[O-])cc1. The molecule has 0 amide bonds. The van der Waals surface area contributed by atoms with Gasteiger partial charge in [-0.25, -0.2) is 8.42 Å². The molecule has 1 aromatic carbocycles. The average molecular weight is 298 g/mol. The van der Waals surface area contributed by atoms with Crippen molar-refractivity contribution in [2.45, 2.75) is 43.5 Å². The molecule has 1 heterocycles. The van der Waals surface area contributed by atoms with Crippen molar-refractivity contribution in [3.63, 3.8) is 0 Å². The molecule has 0 spiro atoms. The predicted octanol–water partition coefficient (Wildman–Crippen LogP) is 2.55. The number of rotatable bonds is 4. The molecule has 1 aliphatic heterocycles. The van der Waals surface area contributed by atoms with E-state index >= 15 is 0 Å². The highest BCUT2D eigenvalue weighted by Crippen LogP contribution is 2.27. The normalized spacial score (nSPS) is 20.8. The number of hydrogen-bond donors (Lipinski definition) is 0. The fourth-order valence-electron chi connectivity index (χ4n) is 2.57. The lowest BCUT2D eigenvalue weighted by molar-refractivity contribution is -0.384. The van der Waals surface area contributed by atoms with E-state index in [0.29, 0.717) is 6.54 Å². The molecule has 6 nitrogen and oxygen atoms in total. The maximum Gasteiger partial charge on any atom is 0.269 e. The van der Waals surface area contributed by atoms with Gasteiger partial charge in [-0.15, -0.1) is 0 Å². The fourth-order valence-corrected chi connectivity index (χ4v) is 4.34. The average Bonchev–Trinajstić information content (AvgIpc) is 2.47. The number of non-ortho nitro benzene ring substituents is 1. The molecule has 1 saturated heterocycles. The minimum atomic E-state index is -3.56. The number of hydrogen-bond acceptors (Lipinski definition) is 4. The third kappa shape index (κ3) is 2.83. The summed E-state index contributed by atoms with van der Waals surface area (Å²) in [5, 5.41) is 10.6. The van der Waals surface area contributed by atoms with E-state index in [1.807, 2.05) is 6.92 Å². The van der Waals surface area contributed by atoms with Crippen molar-refractivity contribution in [3.05, 3.63) is 34.4 Å². The number of benzene rings is 1. The molecular weight excluding hydrogens is 280 g/mol. The van der Waals surface area contributed by atoms with Crippen molar-refractivity contribution < 1.29 is 13.3 Å². The topological polar surface area (TPSA) is 80.5 Å². The van der Waals surface area contributed by atoms with Gasteiger partial charge in [0.1, 0.15) is 0 Å². The molecule has 1 aliphatic rings. The molecule has 0 saturated carbocycles. The highest BCUT2D eigenvalue weighted by molar-refractivity contribution is 7.89. The van der Waals surface area contributed by atoms with E-state index in [2.05, 4.69) is 0 Å². The third-order valence-corrected chi connectivity index (χ3v) is 5.66. The number of nitro benzene ring substituents is 1. The minimum absolute atomic E-state index is 0.0314. The van der Waals surface area contributed by atoms with E-state index in [4.69, 9.17) is 0 Å². The summed E-state index contributed by atoms with van der Waals surface area (Å²) >= 11 is 0. The van der Waals surface area contributed by atoms with Crippen LogP contribution in [0.5, 0.6) is 0 Å². The third-order valence-electron chi connectivity index (χ3n) is 3.70. The fraction of sp³-hybridized carbons (Fsp3) is 0.538. The second-order valence-electron chi connectivity index (χ2n) is 4.92. The van der Waals surface area contributed by atoms with E-state index in [-0.39, 0.29) is 16.6 Å². The Morgan fingerprint density at radius 1 is 1.30 bits per heavy atom. The summed E-state index contributed by atoms with van der Waals surface area (Å²) < 4.78 is 26.7. The van der Waals surface area contributed by atoms with E-state index < -0.39 is 14.9 Å². The van der Waals surface area contributed by atoms with Crippen molar-refractivity contribution in [1.29, 1.82) is 0 Å². The van der Waals surface area contributed by atoms with Crippen LogP contribution >= 0.6 is 0 Å². The molecule has 7 heteroatoms. The second-order valence-corrected chi connectivity index (χ2v) is 6.82. The van der Waals surface area contributed by atoms with Crippen molar-refractivity contribution in [2.24, 2.45) is 0 Å². The maximum absolute atomic E-state index is 12.6. The molecule has 0 bridgehead atoms. The van der Waals surface area contributed by atoms with Crippen molar-refractivity contribution in [1.82, 2.24) is 4.31 Å². The summed E-state index contributed by atoms with van der Waals surface area (Å²) in [5.41, 5.74) is -0.102. The first-order valence-electron chi connectivity index (χ1n) is 6.73. The van der Waals surface area contributed by atoms with Crippen LogP contribution in [-0.2, 0) is 10.0 Å². The summed E-state index contributed by atoms with van der Waals surface area (Å²) in [5.74, 6) is 0. The molecular formula is C13H18N2O4S. The molecule has 1 fully saturated rings. The van der Waals surface area contributed by atoms with Crippen molar-refractivity contribution >= 4 is 15.7 Å². The van der Waals surface area contributed by atoms with Gasteiger partial charge in [-0.05, 0) is 31.4 Å². The first-order chi connectivity index (χ1) is 9.46. The van der Waals surface area contributed by atoms with Gasteiger partial charge in [0.15, 0.2) is 0 Å². The van der Waals surface area contributed by atoms with Gasteiger partial charge in [-0.1, -0.05) is 13.3 Å². The number of nitro groups is 1. The largest absolute Gasteiger partial charge is 0.269 e. The molecule has 0 aliphatic carbocycles. The Labute approximate surface area is 118 Å². The van der Waals surface area contributed by atoms with Crippen LogP contribution in [0.1, 0.15) is 32.6 Å². The number of piperidine rings is 1. The monoisotopic (exact) mass is 298 g/mol. The molecule has 1 aromatic rings. The van der Waals surface area contributed by atoms with Crippen LogP contribution in [0, 0.1) is 10.1 Å². The van der Waals surface area contributed by atoms with Crippen molar-refractivity contribution in [3.8, 4) is 0 Å². The highest BCUT2D eigenvalue weighted by atomic mass is 32.2. The summed E-state index contributed by atoms with van der Waals surface area (Å²) in [6.07, 6.45) is 3.57. The van der Waals surface area contributed by atoms with Crippen LogP contribution in [0.25, 0.3) is 0 Å². The zero-order valence-electron chi connectivity index (χ0n) is 11.4. The van der Waals surface area contributed by atoms with Gasteiger partial charge in [-0.3, -0.25) is 10.1 Å². The Morgan fingerprint density at radius 2 is 1.95 bits per heavy atom. The van der Waals surface area contributed by atoms with E-state index in [1.165, 1.54) is 28.6 Å². The van der Waals surface area contributed by atoms with Gasteiger partial charge in [0.05, 0.1) is 9.82 Å². The smallest absolute Gasteiger partial charge is 0.258 e. The Morgan fingerprint density at radius 3 is 2.50 bits per heavy atom. The standard InChI is InChI=1S/C13H18N2O4S/c1-2-11-5-3-4-10-14(11)20(18,19)13-8-6-12(7-9-13)15(16)17/h6-9,11H,2-5,10H2,1H3/t11-/m0/s1. The molecule has 110 valence electrons. The van der Waals surface area contributed by atoms with E-state index in [1.54, 1.807) is 0 Å². The van der Waals surface area contributed by atoms with Gasteiger partial charge >= 0.3 is 0 Å². The van der Waals surface area contributed by atoms with E-state index in [0.717, 1.165) is 25.7 Å². The summed E-state index contributed by atoms with van der Waals surface area (Å²) in [6, 6.07) is 5.13. The van der Waals surface area contributed by atoms with Gasteiger partial charge < -0.3 is 0 Å². The van der Waals surface area contributed by atoms with Crippen LogP contribution in [0.2, 0.25) is 0 Å². The van der Waals surface area contributed by atoms with E-state index in [9.17, 15) is 18.5 Å². The zero-order valence-corrected chi connectivity index (χ0v) is 12.2. The lowest BCUT2D eigenvalue weighted by Crippen LogP contribution is -2.43. The lowest BCUT2D eigenvalue weighted by Gasteiger charge is -2.34. The van der Waals surface area contributed by atoms with Crippen LogP contribution in [0.4, 0.5) is 5.69 Å². The second kappa shape index (κ2) is 5.88. The van der Waals surface area contributed by atoms with Crippen molar-refractivity contribution in [2.75, 3.05) is 6.54 Å². The van der Waals surface area contributed by atoms with Gasteiger partial charge in [0.2, 0.25) is 10.0 Å². The molecule has 1 atom stereocenters. The quantitative estimate of drug-likeness (QED) is 0.632. The minimum Gasteiger partial charge on any atom is -0.258 e. The molecule has 2 rings (SSSR count). The van der Waals surface area contributed by atoms with Crippen LogP contribution in [0.3, 0.4) is 0 Å². The highest BCUT2D eigenvalue weighted by Gasteiger charge is 2.32. The summed E-state index contributed by atoms with van der Waals surface area (Å²) in [7, 11) is -3.56. The molecule has 0 aromatic heterocycles. The van der Waals surface area contributed by atoms with Gasteiger partial charge in [-0.2, -0.15) is 4.31 Å². The van der Waals surface area contributed by atoms with Crippen LogP contribution < -0.4 is 0 Å². The summed E-state index contributed by atoms with van der Waals surface area (Å²) in [4.78, 5) is 10.2. The first-order valence-corrected chi connectivity index (χ1v) is 8.17. The Balaban J connectivity index is 2.31. The Hall–Kier alpha value is -1.47. The van der Waals surface area contributed by atoms with Gasteiger partial charge in [0, 0.05) is 24.7 Å². The molecule has 0 unspecified atom stereocenters. The zero-order chi connectivity index (χ0) is 14.8. The number of nitrogens with zero attached hydrogens (tertiary/aromatic N) is 2. The molecule has 0 N–H and O–H groups in total. The molecule has 20 heavy (non-hydrogen) atoms. The Bertz CT molecular complexity index is 583.